The van der Waals surface area contributed by atoms with E-state index in [0.29, 0.717) is 11.7 Å². The van der Waals surface area contributed by atoms with E-state index in [1.54, 1.807) is 6.08 Å². The highest BCUT2D eigenvalue weighted by Crippen LogP contribution is 2.00. The molecular weight excluding hydrogens is 108 g/mol. The van der Waals surface area contributed by atoms with Crippen molar-refractivity contribution < 1.29 is 10.4 Å². The van der Waals surface area contributed by atoms with Crippen LogP contribution < -0.4 is 0 Å². The third-order valence-corrected chi connectivity index (χ3v) is 0.971. The van der Waals surface area contributed by atoms with Crippen LogP contribution >= 0.6 is 0 Å². The van der Waals surface area contributed by atoms with Crippen LogP contribution in [-0.2, 0) is 0 Å². The fraction of sp³-hybridized carbons (Fsp3) is 0.500. The van der Waals surface area contributed by atoms with Gasteiger partial charge in [0.1, 0.15) is 0 Å². The predicted octanol–water partition coefficient (Wildman–Crippen LogP) is 0.201. The highest BCUT2D eigenvalue weighted by molar-refractivity contribution is 4.81. The summed E-state index contributed by atoms with van der Waals surface area (Å²) in [5, 5.41) is 18.6. The first-order chi connectivity index (χ1) is 3.80. The first-order valence-corrected chi connectivity index (χ1v) is 2.42. The summed E-state index contributed by atoms with van der Waals surface area (Å²) < 4.78 is 0. The molecule has 0 aliphatic carbocycles. The van der Waals surface area contributed by atoms with Gasteiger partial charge in [-0.1, -0.05) is 11.2 Å². The largest absolute Gasteiger partial charge is 0.293 e. The smallest absolute Gasteiger partial charge is 0.0511 e. The van der Waals surface area contributed by atoms with E-state index in [2.05, 4.69) is 0 Å². The van der Waals surface area contributed by atoms with Crippen LogP contribution in [-0.4, -0.2) is 27.3 Å². The molecule has 0 bridgehead atoms. The maximum atomic E-state index is 8.64. The summed E-state index contributed by atoms with van der Waals surface area (Å²) in [7, 11) is 0. The molecule has 0 unspecified atom stereocenters. The Hall–Kier alpha value is -0.580. The summed E-state index contributed by atoms with van der Waals surface area (Å²) >= 11 is 0. The zero-order chi connectivity index (χ0) is 5.98. The molecule has 0 saturated heterocycles. The second kappa shape index (κ2) is 2.13. The van der Waals surface area contributed by atoms with Gasteiger partial charge in [0, 0.05) is 6.20 Å². The molecule has 0 aromatic heterocycles. The maximum absolute atomic E-state index is 8.64. The third-order valence-electron chi connectivity index (χ3n) is 0.971. The van der Waals surface area contributed by atoms with Crippen molar-refractivity contribution in [3.8, 4) is 0 Å². The molecule has 0 amide bonds. The number of hydrogen-bond acceptors (Lipinski definition) is 4. The van der Waals surface area contributed by atoms with Crippen LogP contribution in [0.1, 0.15) is 6.42 Å². The van der Waals surface area contributed by atoms with E-state index in [4.69, 9.17) is 10.4 Å². The molecule has 0 spiro atoms. The Labute approximate surface area is 47.1 Å². The second-order valence-corrected chi connectivity index (χ2v) is 1.59. The van der Waals surface area contributed by atoms with Crippen molar-refractivity contribution in [1.29, 1.82) is 0 Å². The van der Waals surface area contributed by atoms with Gasteiger partial charge in [-0.25, -0.2) is 0 Å². The molecule has 4 nitrogen and oxygen atoms in total. The Morgan fingerprint density at radius 3 is 2.50 bits per heavy atom. The lowest BCUT2D eigenvalue weighted by Crippen LogP contribution is -2.36. The summed E-state index contributed by atoms with van der Waals surface area (Å²) in [5.74, 6) is 0. The van der Waals surface area contributed by atoms with Gasteiger partial charge in [-0.15, -0.1) is 0 Å². The van der Waals surface area contributed by atoms with E-state index in [9.17, 15) is 0 Å². The molecule has 1 aliphatic heterocycles. The van der Waals surface area contributed by atoms with E-state index >= 15 is 0 Å². The predicted molar refractivity (Wildman–Crippen MR) is 25.9 cm³/mol. The average molecular weight is 116 g/mol. The van der Waals surface area contributed by atoms with Gasteiger partial charge in [0.15, 0.2) is 0 Å². The summed E-state index contributed by atoms with van der Waals surface area (Å²) in [6.45, 7) is 0.451. The van der Waals surface area contributed by atoms with E-state index < -0.39 is 0 Å². The Balaban J connectivity index is 2.47. The molecule has 46 valence electrons. The molecule has 0 radical (unpaired) electrons. The lowest BCUT2D eigenvalue weighted by atomic mass is 10.4. The monoisotopic (exact) mass is 116 g/mol. The molecule has 0 saturated carbocycles. The number of hydrazine groups is 1. The molecule has 8 heavy (non-hydrogen) atoms. The maximum Gasteiger partial charge on any atom is 0.0511 e. The molecule has 1 heterocycles. The fourth-order valence-electron chi connectivity index (χ4n) is 0.538. The third kappa shape index (κ3) is 0.975. The topological polar surface area (TPSA) is 46.9 Å². The Morgan fingerprint density at radius 2 is 2.12 bits per heavy atom. The Kier molecular flexibility index (Phi) is 1.48. The van der Waals surface area contributed by atoms with Crippen molar-refractivity contribution >= 4 is 0 Å². The average Bonchev–Trinajstić information content (AvgIpc) is 1.77. The SMILES string of the molecule is ON1C=CCCN1O. The molecule has 2 N–H and O–H groups in total. The van der Waals surface area contributed by atoms with Crippen LogP contribution in [0.2, 0.25) is 0 Å². The van der Waals surface area contributed by atoms with Gasteiger partial charge in [-0.3, -0.25) is 10.4 Å². The Bertz CT molecular complexity index is 104. The van der Waals surface area contributed by atoms with E-state index in [1.807, 2.05) is 0 Å². The molecular formula is C4H8N2O2. The molecule has 4 heteroatoms. The van der Waals surface area contributed by atoms with E-state index in [1.165, 1.54) is 6.20 Å². The summed E-state index contributed by atoms with van der Waals surface area (Å²) in [6, 6.07) is 0. The molecule has 0 aromatic carbocycles. The quantitative estimate of drug-likeness (QED) is 0.474. The number of rotatable bonds is 0. The van der Waals surface area contributed by atoms with Gasteiger partial charge in [0.05, 0.1) is 6.54 Å². The van der Waals surface area contributed by atoms with Crippen molar-refractivity contribution in [2.45, 2.75) is 6.42 Å². The van der Waals surface area contributed by atoms with Gasteiger partial charge in [0.25, 0.3) is 0 Å². The minimum atomic E-state index is 0.451. The number of nitrogens with zero attached hydrogens (tertiary/aromatic N) is 2. The second-order valence-electron chi connectivity index (χ2n) is 1.59. The van der Waals surface area contributed by atoms with Crippen molar-refractivity contribution in [3.63, 3.8) is 0 Å². The van der Waals surface area contributed by atoms with E-state index in [0.717, 1.165) is 11.6 Å². The highest BCUT2D eigenvalue weighted by atomic mass is 16.7. The zero-order valence-electron chi connectivity index (χ0n) is 4.36. The van der Waals surface area contributed by atoms with Gasteiger partial charge < -0.3 is 0 Å². The van der Waals surface area contributed by atoms with E-state index in [-0.39, 0.29) is 0 Å². The lowest BCUT2D eigenvalue weighted by Gasteiger charge is -2.24. The van der Waals surface area contributed by atoms with Crippen molar-refractivity contribution in [2.24, 2.45) is 0 Å². The Morgan fingerprint density at radius 1 is 1.38 bits per heavy atom. The van der Waals surface area contributed by atoms with Crippen LogP contribution in [0.3, 0.4) is 0 Å². The molecule has 0 aromatic rings. The summed E-state index contributed by atoms with van der Waals surface area (Å²) in [6.07, 6.45) is 3.93. The highest BCUT2D eigenvalue weighted by Gasteiger charge is 2.07. The first-order valence-electron chi connectivity index (χ1n) is 2.42. The van der Waals surface area contributed by atoms with Crippen molar-refractivity contribution in [1.82, 2.24) is 10.3 Å². The molecule has 0 atom stereocenters. The number of hydrogen-bond donors (Lipinski definition) is 2. The van der Waals surface area contributed by atoms with Crippen LogP contribution in [0.4, 0.5) is 0 Å². The van der Waals surface area contributed by atoms with Crippen LogP contribution in [0.25, 0.3) is 0 Å². The first kappa shape index (κ1) is 5.55. The van der Waals surface area contributed by atoms with Crippen molar-refractivity contribution in [2.75, 3.05) is 6.54 Å². The zero-order valence-corrected chi connectivity index (χ0v) is 4.36. The van der Waals surface area contributed by atoms with Gasteiger partial charge in [-0.05, 0) is 6.42 Å². The summed E-state index contributed by atoms with van der Waals surface area (Å²) in [4.78, 5) is 0. The van der Waals surface area contributed by atoms with Gasteiger partial charge in [-0.2, -0.15) is 5.17 Å². The van der Waals surface area contributed by atoms with Crippen LogP contribution in [0, 0.1) is 0 Å². The fourth-order valence-corrected chi connectivity index (χ4v) is 0.538. The standard InChI is InChI=1S/C4H8N2O2/c7-5-3-1-2-4-6(5)8/h1,3,7-8H,2,4H2. The van der Waals surface area contributed by atoms with Crippen LogP contribution in [0.5, 0.6) is 0 Å². The van der Waals surface area contributed by atoms with Crippen molar-refractivity contribution in [3.05, 3.63) is 12.3 Å². The molecule has 0 fully saturated rings. The molecule has 1 rings (SSSR count). The minimum absolute atomic E-state index is 0.451. The number of hydroxylamine groups is 2. The lowest BCUT2D eigenvalue weighted by molar-refractivity contribution is -0.344. The van der Waals surface area contributed by atoms with Gasteiger partial charge in [0.2, 0.25) is 0 Å². The normalized spacial score (nSPS) is 22.0. The minimum Gasteiger partial charge on any atom is -0.293 e. The van der Waals surface area contributed by atoms with Crippen LogP contribution in [0.15, 0.2) is 12.3 Å². The molecule has 1 aliphatic rings. The van der Waals surface area contributed by atoms with Gasteiger partial charge >= 0.3 is 0 Å². The summed E-state index contributed by atoms with van der Waals surface area (Å²) in [5.41, 5.74) is 0.